The number of carboxylic acids is 1. The topological polar surface area (TPSA) is 75.6 Å². The molecule has 5 nitrogen and oxygen atoms in total. The van der Waals surface area contributed by atoms with Crippen LogP contribution < -0.4 is 5.32 Å². The smallest absolute Gasteiger partial charge is 0.305 e. The maximum absolute atomic E-state index is 11.5. The zero-order chi connectivity index (χ0) is 11.3. The van der Waals surface area contributed by atoms with Gasteiger partial charge in [-0.15, -0.1) is 0 Å². The second-order valence-corrected chi connectivity index (χ2v) is 3.59. The van der Waals surface area contributed by atoms with Gasteiger partial charge < -0.3 is 15.2 Å². The lowest BCUT2D eigenvalue weighted by atomic mass is 10.1. The molecule has 1 heterocycles. The zero-order valence-corrected chi connectivity index (χ0v) is 8.66. The number of hydrogen-bond acceptors (Lipinski definition) is 3. The van der Waals surface area contributed by atoms with Crippen LogP contribution in [0.1, 0.15) is 26.2 Å². The highest BCUT2D eigenvalue weighted by Gasteiger charge is 2.16. The van der Waals surface area contributed by atoms with Crippen molar-refractivity contribution in [1.29, 1.82) is 0 Å². The number of carboxylic acid groups (broad SMARTS) is 1. The molecular formula is C10H15NO4. The van der Waals surface area contributed by atoms with Crippen molar-refractivity contribution in [2.45, 2.75) is 32.2 Å². The summed E-state index contributed by atoms with van der Waals surface area (Å²) < 4.78 is 5.03. The van der Waals surface area contributed by atoms with Crippen LogP contribution in [0.5, 0.6) is 0 Å². The van der Waals surface area contributed by atoms with Gasteiger partial charge in [0.25, 0.3) is 5.91 Å². The second-order valence-electron chi connectivity index (χ2n) is 3.59. The number of ether oxygens (including phenoxy) is 1. The third kappa shape index (κ3) is 4.01. The maximum atomic E-state index is 11.5. The molecule has 1 rings (SSSR count). The van der Waals surface area contributed by atoms with E-state index in [9.17, 15) is 9.59 Å². The van der Waals surface area contributed by atoms with Gasteiger partial charge in [0.1, 0.15) is 0 Å². The first-order chi connectivity index (χ1) is 7.09. The first kappa shape index (κ1) is 11.6. The number of carbonyl (C=O) groups excluding carboxylic acids is 1. The summed E-state index contributed by atoms with van der Waals surface area (Å²) >= 11 is 0. The van der Waals surface area contributed by atoms with Gasteiger partial charge in [-0.05, 0) is 19.8 Å². The minimum atomic E-state index is -0.920. The summed E-state index contributed by atoms with van der Waals surface area (Å²) in [6.07, 6.45) is 2.89. The van der Waals surface area contributed by atoms with Crippen LogP contribution in [0.3, 0.4) is 0 Å². The number of hydrogen-bond donors (Lipinski definition) is 2. The summed E-state index contributed by atoms with van der Waals surface area (Å²) in [6, 6.07) is -0.363. The Balaban J connectivity index is 2.40. The minimum absolute atomic E-state index is 0.0696. The average molecular weight is 213 g/mol. The molecule has 1 aliphatic rings. The molecule has 0 saturated carbocycles. The molecule has 0 aromatic carbocycles. The number of carbonyl (C=O) groups is 2. The van der Waals surface area contributed by atoms with Crippen LogP contribution in [-0.4, -0.2) is 29.6 Å². The Kier molecular flexibility index (Phi) is 4.15. The fourth-order valence-corrected chi connectivity index (χ4v) is 1.36. The SMILES string of the molecule is CC(CC(=O)O)NC(=O)C1=COCCC1. The van der Waals surface area contributed by atoms with Crippen LogP contribution >= 0.6 is 0 Å². The van der Waals surface area contributed by atoms with Gasteiger partial charge in [-0.1, -0.05) is 0 Å². The fourth-order valence-electron chi connectivity index (χ4n) is 1.36. The van der Waals surface area contributed by atoms with E-state index in [4.69, 9.17) is 9.84 Å². The van der Waals surface area contributed by atoms with Gasteiger partial charge in [0.05, 0.1) is 24.9 Å². The van der Waals surface area contributed by atoms with Gasteiger partial charge in [0.2, 0.25) is 0 Å². The second kappa shape index (κ2) is 5.38. The summed E-state index contributed by atoms with van der Waals surface area (Å²) in [4.78, 5) is 21.9. The fraction of sp³-hybridized carbons (Fsp3) is 0.600. The summed E-state index contributed by atoms with van der Waals surface area (Å²) in [5.74, 6) is -1.15. The molecule has 0 aromatic rings. The lowest BCUT2D eigenvalue weighted by Gasteiger charge is -2.16. The average Bonchev–Trinajstić information content (AvgIpc) is 2.17. The third-order valence-electron chi connectivity index (χ3n) is 2.08. The molecule has 0 spiro atoms. The quantitative estimate of drug-likeness (QED) is 0.719. The van der Waals surface area contributed by atoms with Crippen molar-refractivity contribution in [2.75, 3.05) is 6.61 Å². The summed E-state index contributed by atoms with van der Waals surface area (Å²) in [7, 11) is 0. The zero-order valence-electron chi connectivity index (χ0n) is 8.66. The predicted molar refractivity (Wildman–Crippen MR) is 53.1 cm³/mol. The molecule has 0 aromatic heterocycles. The Labute approximate surface area is 88.1 Å². The number of aliphatic carboxylic acids is 1. The predicted octanol–water partition coefficient (Wildman–Crippen LogP) is 0.660. The van der Waals surface area contributed by atoms with Gasteiger partial charge in [0.15, 0.2) is 0 Å². The molecule has 0 bridgehead atoms. The monoisotopic (exact) mass is 213 g/mol. The van der Waals surface area contributed by atoms with Crippen molar-refractivity contribution < 1.29 is 19.4 Å². The van der Waals surface area contributed by atoms with Crippen molar-refractivity contribution in [3.05, 3.63) is 11.8 Å². The molecule has 0 fully saturated rings. The van der Waals surface area contributed by atoms with E-state index in [0.29, 0.717) is 18.6 Å². The Hall–Kier alpha value is -1.52. The van der Waals surface area contributed by atoms with E-state index < -0.39 is 5.97 Å². The highest BCUT2D eigenvalue weighted by atomic mass is 16.5. The summed E-state index contributed by atoms with van der Waals surface area (Å²) in [5, 5.41) is 11.1. The number of amides is 1. The molecule has 2 N–H and O–H groups in total. The third-order valence-corrected chi connectivity index (χ3v) is 2.08. The highest BCUT2D eigenvalue weighted by Crippen LogP contribution is 2.11. The minimum Gasteiger partial charge on any atom is -0.501 e. The van der Waals surface area contributed by atoms with Gasteiger partial charge in [0, 0.05) is 6.04 Å². The van der Waals surface area contributed by atoms with Gasteiger partial charge >= 0.3 is 5.97 Å². The van der Waals surface area contributed by atoms with Crippen LogP contribution in [0.4, 0.5) is 0 Å². The van der Waals surface area contributed by atoms with E-state index in [2.05, 4.69) is 5.32 Å². The van der Waals surface area contributed by atoms with Crippen LogP contribution in [0.25, 0.3) is 0 Å². The first-order valence-electron chi connectivity index (χ1n) is 4.93. The Bertz CT molecular complexity index is 285. The van der Waals surface area contributed by atoms with Crippen LogP contribution in [-0.2, 0) is 14.3 Å². The standard InChI is InChI=1S/C10H15NO4/c1-7(5-9(12)13)11-10(14)8-3-2-4-15-6-8/h6-7H,2-5H2,1H3,(H,11,14)(H,12,13). The van der Waals surface area contributed by atoms with E-state index in [1.54, 1.807) is 6.92 Å². The van der Waals surface area contributed by atoms with Crippen molar-refractivity contribution in [2.24, 2.45) is 0 Å². The van der Waals surface area contributed by atoms with E-state index >= 15 is 0 Å². The highest BCUT2D eigenvalue weighted by molar-refractivity contribution is 5.93. The maximum Gasteiger partial charge on any atom is 0.305 e. The van der Waals surface area contributed by atoms with E-state index in [1.165, 1.54) is 6.26 Å². The molecule has 0 saturated heterocycles. The molecule has 15 heavy (non-hydrogen) atoms. The molecule has 5 heteroatoms. The van der Waals surface area contributed by atoms with Crippen LogP contribution in [0.15, 0.2) is 11.8 Å². The molecule has 84 valence electrons. The molecule has 0 radical (unpaired) electrons. The Morgan fingerprint density at radius 1 is 1.67 bits per heavy atom. The molecule has 1 atom stereocenters. The van der Waals surface area contributed by atoms with Crippen LogP contribution in [0.2, 0.25) is 0 Å². The normalized spacial score (nSPS) is 17.3. The largest absolute Gasteiger partial charge is 0.501 e. The van der Waals surface area contributed by atoms with Crippen molar-refractivity contribution in [1.82, 2.24) is 5.32 Å². The van der Waals surface area contributed by atoms with E-state index in [1.807, 2.05) is 0 Å². The molecule has 0 aliphatic carbocycles. The molecular weight excluding hydrogens is 198 g/mol. The molecule has 1 amide bonds. The number of nitrogens with one attached hydrogen (secondary N) is 1. The summed E-state index contributed by atoms with van der Waals surface area (Å²) in [5.41, 5.74) is 0.582. The van der Waals surface area contributed by atoms with Crippen molar-refractivity contribution >= 4 is 11.9 Å². The number of rotatable bonds is 4. The summed E-state index contributed by atoms with van der Waals surface area (Å²) in [6.45, 7) is 2.30. The lowest BCUT2D eigenvalue weighted by molar-refractivity contribution is -0.137. The van der Waals surface area contributed by atoms with Gasteiger partial charge in [-0.3, -0.25) is 9.59 Å². The van der Waals surface area contributed by atoms with E-state index in [0.717, 1.165) is 6.42 Å². The Morgan fingerprint density at radius 3 is 2.93 bits per heavy atom. The molecule has 1 aliphatic heterocycles. The van der Waals surface area contributed by atoms with Crippen molar-refractivity contribution in [3.63, 3.8) is 0 Å². The lowest BCUT2D eigenvalue weighted by Crippen LogP contribution is -2.35. The molecule has 1 unspecified atom stereocenters. The van der Waals surface area contributed by atoms with Crippen LogP contribution in [0, 0.1) is 0 Å². The Morgan fingerprint density at radius 2 is 2.40 bits per heavy atom. The van der Waals surface area contributed by atoms with Crippen molar-refractivity contribution in [3.8, 4) is 0 Å². The van der Waals surface area contributed by atoms with E-state index in [-0.39, 0.29) is 18.4 Å². The van der Waals surface area contributed by atoms with Gasteiger partial charge in [-0.25, -0.2) is 0 Å². The first-order valence-corrected chi connectivity index (χ1v) is 4.93. The van der Waals surface area contributed by atoms with Gasteiger partial charge in [-0.2, -0.15) is 0 Å².